The van der Waals surface area contributed by atoms with Gasteiger partial charge in [0.2, 0.25) is 0 Å². The van der Waals surface area contributed by atoms with Gasteiger partial charge in [-0.2, -0.15) is 11.3 Å². The summed E-state index contributed by atoms with van der Waals surface area (Å²) in [6.07, 6.45) is 0. The smallest absolute Gasteiger partial charge is 0.193 e. The minimum Gasteiger partial charge on any atom is -0.383 e. The SMILES string of the molecule is COCc1ccccc1NC(N)=NCC(C)(O)c1ccsc1. The number of hydrogen-bond acceptors (Lipinski definition) is 4. The van der Waals surface area contributed by atoms with Crippen molar-refractivity contribution in [1.82, 2.24) is 0 Å². The van der Waals surface area contributed by atoms with E-state index in [9.17, 15) is 5.11 Å². The fraction of sp³-hybridized carbons (Fsp3) is 0.312. The van der Waals surface area contributed by atoms with Crippen molar-refractivity contribution >= 4 is 23.0 Å². The maximum absolute atomic E-state index is 10.4. The van der Waals surface area contributed by atoms with Crippen LogP contribution in [0.3, 0.4) is 0 Å². The molecule has 0 bridgehead atoms. The molecule has 0 saturated carbocycles. The number of guanidine groups is 1. The van der Waals surface area contributed by atoms with Gasteiger partial charge in [0.15, 0.2) is 5.96 Å². The van der Waals surface area contributed by atoms with E-state index in [0.717, 1.165) is 16.8 Å². The number of aliphatic imine (C=N–C) groups is 1. The van der Waals surface area contributed by atoms with E-state index < -0.39 is 5.60 Å². The third-order valence-electron chi connectivity index (χ3n) is 3.28. The van der Waals surface area contributed by atoms with Gasteiger partial charge in [-0.3, -0.25) is 0 Å². The van der Waals surface area contributed by atoms with Crippen LogP contribution in [-0.2, 0) is 16.9 Å². The normalized spacial score (nSPS) is 14.6. The second-order valence-corrected chi connectivity index (χ2v) is 5.98. The summed E-state index contributed by atoms with van der Waals surface area (Å²) in [5.74, 6) is 0.263. The lowest BCUT2D eigenvalue weighted by Gasteiger charge is -2.20. The second-order valence-electron chi connectivity index (χ2n) is 5.20. The third kappa shape index (κ3) is 4.30. The molecule has 0 aliphatic rings. The molecule has 0 amide bonds. The Morgan fingerprint density at radius 3 is 2.86 bits per heavy atom. The minimum atomic E-state index is -1.03. The highest BCUT2D eigenvalue weighted by atomic mass is 32.1. The van der Waals surface area contributed by atoms with Gasteiger partial charge in [0.1, 0.15) is 5.60 Å². The highest BCUT2D eigenvalue weighted by Crippen LogP contribution is 2.23. The van der Waals surface area contributed by atoms with Crippen LogP contribution in [0, 0.1) is 0 Å². The Morgan fingerprint density at radius 1 is 1.41 bits per heavy atom. The van der Waals surface area contributed by atoms with Gasteiger partial charge in [0.05, 0.1) is 13.2 Å². The maximum Gasteiger partial charge on any atom is 0.193 e. The standard InChI is InChI=1S/C16H21N3O2S/c1-16(20,13-7-8-22-10-13)11-18-15(17)19-14-6-4-3-5-12(14)9-21-2/h3-8,10,20H,9,11H2,1-2H3,(H3,17,18,19). The molecule has 0 aliphatic carbocycles. The van der Waals surface area contributed by atoms with E-state index in [-0.39, 0.29) is 12.5 Å². The molecule has 6 heteroatoms. The van der Waals surface area contributed by atoms with E-state index in [4.69, 9.17) is 10.5 Å². The van der Waals surface area contributed by atoms with E-state index in [2.05, 4.69) is 10.3 Å². The lowest BCUT2D eigenvalue weighted by atomic mass is 10.00. The van der Waals surface area contributed by atoms with Crippen LogP contribution in [0.4, 0.5) is 5.69 Å². The number of anilines is 1. The lowest BCUT2D eigenvalue weighted by Crippen LogP contribution is -2.29. The Bertz CT molecular complexity index is 624. The molecule has 2 aromatic rings. The molecule has 0 fully saturated rings. The first-order valence-electron chi connectivity index (χ1n) is 6.92. The molecule has 22 heavy (non-hydrogen) atoms. The molecule has 4 N–H and O–H groups in total. The van der Waals surface area contributed by atoms with Gasteiger partial charge in [-0.15, -0.1) is 0 Å². The van der Waals surface area contributed by atoms with Crippen LogP contribution in [0.2, 0.25) is 0 Å². The van der Waals surface area contributed by atoms with Gasteiger partial charge >= 0.3 is 0 Å². The molecule has 0 spiro atoms. The quantitative estimate of drug-likeness (QED) is 0.564. The lowest BCUT2D eigenvalue weighted by molar-refractivity contribution is 0.0678. The summed E-state index contributed by atoms with van der Waals surface area (Å²) in [5, 5.41) is 17.3. The van der Waals surface area contributed by atoms with Crippen molar-refractivity contribution in [1.29, 1.82) is 0 Å². The maximum atomic E-state index is 10.4. The molecule has 0 radical (unpaired) electrons. The number of benzene rings is 1. The molecule has 2 rings (SSSR count). The fourth-order valence-corrected chi connectivity index (χ4v) is 2.79. The van der Waals surface area contributed by atoms with Crippen LogP contribution in [0.25, 0.3) is 0 Å². The Balaban J connectivity index is 2.04. The van der Waals surface area contributed by atoms with Crippen molar-refractivity contribution in [2.75, 3.05) is 19.0 Å². The number of nitrogens with two attached hydrogens (primary N) is 1. The second kappa shape index (κ2) is 7.40. The Labute approximate surface area is 134 Å². The van der Waals surface area contributed by atoms with Crippen LogP contribution in [0.1, 0.15) is 18.1 Å². The largest absolute Gasteiger partial charge is 0.383 e. The van der Waals surface area contributed by atoms with Crippen LogP contribution < -0.4 is 11.1 Å². The zero-order valence-electron chi connectivity index (χ0n) is 12.7. The van der Waals surface area contributed by atoms with Crippen molar-refractivity contribution in [3.8, 4) is 0 Å². The fourth-order valence-electron chi connectivity index (χ4n) is 2.00. The first-order valence-corrected chi connectivity index (χ1v) is 7.86. The van der Waals surface area contributed by atoms with Gasteiger partial charge in [-0.25, -0.2) is 4.99 Å². The molecule has 1 heterocycles. The Hall–Kier alpha value is -1.89. The van der Waals surface area contributed by atoms with E-state index in [1.807, 2.05) is 41.1 Å². The molecule has 0 aliphatic heterocycles. The number of hydrogen-bond donors (Lipinski definition) is 3. The van der Waals surface area contributed by atoms with E-state index >= 15 is 0 Å². The van der Waals surface area contributed by atoms with Gasteiger partial charge in [-0.1, -0.05) is 18.2 Å². The molecule has 1 aromatic heterocycles. The van der Waals surface area contributed by atoms with Crippen LogP contribution in [-0.4, -0.2) is 24.7 Å². The summed E-state index contributed by atoms with van der Waals surface area (Å²) in [4.78, 5) is 4.25. The van der Waals surface area contributed by atoms with E-state index in [1.54, 1.807) is 25.4 Å². The number of thiophene rings is 1. The number of rotatable bonds is 6. The highest BCUT2D eigenvalue weighted by Gasteiger charge is 2.23. The number of methoxy groups -OCH3 is 1. The Morgan fingerprint density at radius 2 is 2.18 bits per heavy atom. The molecule has 5 nitrogen and oxygen atoms in total. The number of nitrogens with one attached hydrogen (secondary N) is 1. The Kier molecular flexibility index (Phi) is 5.54. The van der Waals surface area contributed by atoms with Crippen LogP contribution >= 0.6 is 11.3 Å². The number of aliphatic hydroxyl groups is 1. The molecule has 1 aromatic carbocycles. The zero-order chi connectivity index (χ0) is 16.0. The summed E-state index contributed by atoms with van der Waals surface area (Å²) in [6.45, 7) is 2.41. The molecule has 1 unspecified atom stereocenters. The first kappa shape index (κ1) is 16.5. The van der Waals surface area contributed by atoms with Crippen molar-refractivity contribution in [3.63, 3.8) is 0 Å². The number of para-hydroxylation sites is 1. The van der Waals surface area contributed by atoms with Crippen LogP contribution in [0.5, 0.6) is 0 Å². The average molecular weight is 319 g/mol. The van der Waals surface area contributed by atoms with E-state index in [0.29, 0.717) is 6.61 Å². The summed E-state index contributed by atoms with van der Waals surface area (Å²) >= 11 is 1.54. The van der Waals surface area contributed by atoms with Gasteiger partial charge in [0, 0.05) is 18.4 Å². The molecular weight excluding hydrogens is 298 g/mol. The predicted octanol–water partition coefficient (Wildman–Crippen LogP) is 2.53. The predicted molar refractivity (Wildman–Crippen MR) is 91.2 cm³/mol. The first-order chi connectivity index (χ1) is 10.5. The summed E-state index contributed by atoms with van der Waals surface area (Å²) in [7, 11) is 1.65. The molecule has 118 valence electrons. The van der Waals surface area contributed by atoms with Gasteiger partial charge < -0.3 is 20.9 Å². The monoisotopic (exact) mass is 319 g/mol. The summed E-state index contributed by atoms with van der Waals surface area (Å²) < 4.78 is 5.15. The molecule has 0 saturated heterocycles. The molecule has 1 atom stereocenters. The zero-order valence-corrected chi connectivity index (χ0v) is 13.6. The number of ether oxygens (including phenoxy) is 1. The van der Waals surface area contributed by atoms with E-state index in [1.165, 1.54) is 0 Å². The van der Waals surface area contributed by atoms with Crippen molar-refractivity contribution in [2.45, 2.75) is 19.1 Å². The third-order valence-corrected chi connectivity index (χ3v) is 3.96. The number of nitrogens with zero attached hydrogens (tertiary/aromatic N) is 1. The van der Waals surface area contributed by atoms with Crippen molar-refractivity contribution < 1.29 is 9.84 Å². The molecular formula is C16H21N3O2S. The topological polar surface area (TPSA) is 79.9 Å². The summed E-state index contributed by atoms with van der Waals surface area (Å²) in [5.41, 5.74) is 7.57. The van der Waals surface area contributed by atoms with Crippen molar-refractivity contribution in [2.24, 2.45) is 10.7 Å². The van der Waals surface area contributed by atoms with Gasteiger partial charge in [0.25, 0.3) is 0 Å². The highest BCUT2D eigenvalue weighted by molar-refractivity contribution is 7.08. The summed E-state index contributed by atoms with van der Waals surface area (Å²) in [6, 6.07) is 9.61. The van der Waals surface area contributed by atoms with Gasteiger partial charge in [-0.05, 0) is 35.4 Å². The minimum absolute atomic E-state index is 0.189. The van der Waals surface area contributed by atoms with Crippen molar-refractivity contribution in [3.05, 3.63) is 52.2 Å². The van der Waals surface area contributed by atoms with Crippen LogP contribution in [0.15, 0.2) is 46.1 Å². The average Bonchev–Trinajstić information content (AvgIpc) is 3.03.